The molecule has 6 rings (SSSR count). The van der Waals surface area contributed by atoms with Crippen LogP contribution in [0, 0.1) is 20.8 Å². The van der Waals surface area contributed by atoms with E-state index >= 15 is 0 Å². The lowest BCUT2D eigenvalue weighted by Crippen LogP contribution is -2.58. The Bertz CT molecular complexity index is 2120. The molecule has 1 aliphatic rings. The van der Waals surface area contributed by atoms with E-state index in [1.165, 1.54) is 0 Å². The van der Waals surface area contributed by atoms with E-state index in [0.717, 1.165) is 64.5 Å². The van der Waals surface area contributed by atoms with Crippen LogP contribution >= 0.6 is 0 Å². The number of aromatic nitrogens is 5. The summed E-state index contributed by atoms with van der Waals surface area (Å²) >= 11 is 0. The first-order valence-electron chi connectivity index (χ1n) is 18.3. The van der Waals surface area contributed by atoms with Crippen LogP contribution in [0.5, 0.6) is 5.75 Å². The number of imidazole rings is 1. The van der Waals surface area contributed by atoms with Crippen molar-refractivity contribution in [3.63, 3.8) is 0 Å². The minimum atomic E-state index is -1.16. The maximum atomic E-state index is 13.7. The summed E-state index contributed by atoms with van der Waals surface area (Å²) in [7, 11) is 2.05. The van der Waals surface area contributed by atoms with Crippen LogP contribution in [-0.2, 0) is 28.2 Å². The third-order valence-corrected chi connectivity index (χ3v) is 10.00. The number of rotatable bonds is 14. The highest BCUT2D eigenvalue weighted by Gasteiger charge is 2.58. The first-order chi connectivity index (χ1) is 25.5. The average molecular weight is 717 g/mol. The molecule has 3 aromatic carbocycles. The molecule has 0 aliphatic carbocycles. The van der Waals surface area contributed by atoms with Gasteiger partial charge in [-0.25, -0.2) is 4.98 Å². The lowest BCUT2D eigenvalue weighted by molar-refractivity contribution is -0.775. The van der Waals surface area contributed by atoms with Crippen LogP contribution in [0.1, 0.15) is 68.6 Å². The number of amides is 2. The van der Waals surface area contributed by atoms with E-state index in [4.69, 9.17) is 14.8 Å². The SMILES string of the molecule is CCC(Oc1ccc(C)cc1C)C(=O)Nc1ccc(CCC[n+]2cnc3n2N=C(C)C3(N(C(C)=O)c2ccc(N(C)CC)cc2C)n2ccnc2)cc1. The van der Waals surface area contributed by atoms with Crippen molar-refractivity contribution in [2.24, 2.45) is 5.10 Å². The summed E-state index contributed by atoms with van der Waals surface area (Å²) in [6.07, 6.45) is 8.64. The molecule has 12 heteroatoms. The molecule has 0 bridgehead atoms. The smallest absolute Gasteiger partial charge is 0.305 e. The number of nitrogens with one attached hydrogen (secondary N) is 1. The summed E-state index contributed by atoms with van der Waals surface area (Å²) in [5.41, 5.74) is 6.38. The van der Waals surface area contributed by atoms with Gasteiger partial charge < -0.3 is 15.0 Å². The summed E-state index contributed by atoms with van der Waals surface area (Å²) in [6.45, 7) is 15.1. The number of hydrogen-bond donors (Lipinski definition) is 1. The van der Waals surface area contributed by atoms with Crippen LogP contribution in [0.3, 0.4) is 0 Å². The quantitative estimate of drug-likeness (QED) is 0.138. The zero-order valence-electron chi connectivity index (χ0n) is 32.0. The fraction of sp³-hybridized carbons (Fsp3) is 0.366. The maximum Gasteiger partial charge on any atom is 0.305 e. The highest BCUT2D eigenvalue weighted by Crippen LogP contribution is 2.40. The molecule has 53 heavy (non-hydrogen) atoms. The van der Waals surface area contributed by atoms with E-state index in [9.17, 15) is 9.59 Å². The number of anilines is 3. The number of carbonyl (C=O) groups is 2. The molecule has 2 atom stereocenters. The molecule has 12 nitrogen and oxygen atoms in total. The second-order valence-electron chi connectivity index (χ2n) is 13.8. The minimum absolute atomic E-state index is 0.144. The number of nitrogens with zero attached hydrogens (tertiary/aromatic N) is 8. The molecule has 1 aliphatic heterocycles. The standard InChI is InChI=1S/C41H49N9O3/c1-9-37(53-38-20-13-28(3)24-30(38)5)39(52)44-34-16-14-33(15-17-34)12-11-22-48-27-43-40-41(31(6)45-50(40)48,47-23-21-42-26-47)49(32(7)51)36-19-18-35(25-29(36)4)46(8)10-2/h13-21,23-27,37H,9-12,22H2,1-8H3/p+1. The third kappa shape index (κ3) is 7.18. The Morgan fingerprint density at radius 1 is 1.00 bits per heavy atom. The summed E-state index contributed by atoms with van der Waals surface area (Å²) < 4.78 is 9.97. The van der Waals surface area contributed by atoms with Crippen LogP contribution in [0.25, 0.3) is 0 Å². The maximum absolute atomic E-state index is 13.7. The molecule has 3 heterocycles. The van der Waals surface area contributed by atoms with Crippen LogP contribution in [-0.4, -0.2) is 56.5 Å². The number of ether oxygens (including phenoxy) is 1. The molecular formula is C41H50N9O3+. The van der Waals surface area contributed by atoms with Crippen LogP contribution in [0.15, 0.2) is 90.8 Å². The summed E-state index contributed by atoms with van der Waals surface area (Å²) in [5, 5.41) is 8.01. The highest BCUT2D eigenvalue weighted by atomic mass is 16.5. The number of carbonyl (C=O) groups excluding carboxylic acids is 2. The van der Waals surface area contributed by atoms with Gasteiger partial charge >= 0.3 is 5.82 Å². The zero-order chi connectivity index (χ0) is 37.9. The molecule has 0 fully saturated rings. The summed E-state index contributed by atoms with van der Waals surface area (Å²) in [6, 6.07) is 20.0. The fourth-order valence-corrected chi connectivity index (χ4v) is 7.05. The van der Waals surface area contributed by atoms with E-state index in [2.05, 4.69) is 41.3 Å². The van der Waals surface area contributed by atoms with Gasteiger partial charge in [-0.2, -0.15) is 4.68 Å². The third-order valence-electron chi connectivity index (χ3n) is 10.00. The molecule has 0 saturated heterocycles. The Morgan fingerprint density at radius 3 is 2.42 bits per heavy atom. The Kier molecular flexibility index (Phi) is 10.8. The van der Waals surface area contributed by atoms with Crippen LogP contribution in [0.2, 0.25) is 0 Å². The summed E-state index contributed by atoms with van der Waals surface area (Å²) in [5.74, 6) is 1.01. The first-order valence-corrected chi connectivity index (χ1v) is 18.3. The van der Waals surface area contributed by atoms with E-state index in [-0.39, 0.29) is 11.8 Å². The van der Waals surface area contributed by atoms with Crippen molar-refractivity contribution in [2.45, 2.75) is 86.0 Å². The van der Waals surface area contributed by atoms with Crippen LogP contribution < -0.4 is 24.5 Å². The van der Waals surface area contributed by atoms with Crippen molar-refractivity contribution in [3.8, 4) is 5.75 Å². The molecule has 0 radical (unpaired) electrons. The molecule has 0 saturated carbocycles. The molecular weight excluding hydrogens is 667 g/mol. The molecule has 2 unspecified atom stereocenters. The van der Waals surface area contributed by atoms with Crippen molar-refractivity contribution >= 4 is 34.6 Å². The Labute approximate surface area is 311 Å². The van der Waals surface area contributed by atoms with E-state index in [1.54, 1.807) is 30.7 Å². The lowest BCUT2D eigenvalue weighted by atomic mass is 9.98. The second-order valence-corrected chi connectivity index (χ2v) is 13.8. The fourth-order valence-electron chi connectivity index (χ4n) is 7.05. The average Bonchev–Trinajstić information content (AvgIpc) is 3.88. The van der Waals surface area contributed by atoms with Crippen molar-refractivity contribution in [1.29, 1.82) is 0 Å². The van der Waals surface area contributed by atoms with E-state index in [0.29, 0.717) is 24.5 Å². The van der Waals surface area contributed by atoms with Gasteiger partial charge in [0.1, 0.15) is 5.75 Å². The monoisotopic (exact) mass is 716 g/mol. The van der Waals surface area contributed by atoms with Gasteiger partial charge in [0.05, 0.1) is 18.6 Å². The molecule has 0 spiro atoms. The molecule has 276 valence electrons. The van der Waals surface area contributed by atoms with Gasteiger partial charge in [0, 0.05) is 44.3 Å². The van der Waals surface area contributed by atoms with Gasteiger partial charge in [0.25, 0.3) is 11.6 Å². The molecule has 1 N–H and O–H groups in total. The van der Waals surface area contributed by atoms with Gasteiger partial charge in [-0.15, -0.1) is 0 Å². The number of aryl methyl sites for hydroxylation is 5. The number of hydrogen-bond acceptors (Lipinski definition) is 7. The Balaban J connectivity index is 1.17. The van der Waals surface area contributed by atoms with Crippen molar-refractivity contribution < 1.29 is 19.0 Å². The predicted molar refractivity (Wildman–Crippen MR) is 208 cm³/mol. The second kappa shape index (κ2) is 15.4. The van der Waals surface area contributed by atoms with Crippen LogP contribution in [0.4, 0.5) is 17.1 Å². The van der Waals surface area contributed by atoms with E-state index < -0.39 is 11.8 Å². The predicted octanol–water partition coefficient (Wildman–Crippen LogP) is 6.17. The van der Waals surface area contributed by atoms with Crippen molar-refractivity contribution in [1.82, 2.24) is 19.3 Å². The van der Waals surface area contributed by atoms with E-state index in [1.807, 2.05) is 103 Å². The largest absolute Gasteiger partial charge is 0.480 e. The highest BCUT2D eigenvalue weighted by molar-refractivity contribution is 6.06. The van der Waals surface area contributed by atoms with Gasteiger partial charge in [-0.1, -0.05) is 41.7 Å². The first kappa shape index (κ1) is 37.0. The van der Waals surface area contributed by atoms with Crippen molar-refractivity contribution in [3.05, 3.63) is 114 Å². The van der Waals surface area contributed by atoms with Gasteiger partial charge in [-0.05, 0) is 117 Å². The van der Waals surface area contributed by atoms with Gasteiger partial charge in [0.2, 0.25) is 12.2 Å². The van der Waals surface area contributed by atoms with Gasteiger partial charge in [-0.3, -0.25) is 19.1 Å². The summed E-state index contributed by atoms with van der Waals surface area (Å²) in [4.78, 5) is 41.8. The minimum Gasteiger partial charge on any atom is -0.480 e. The number of fused-ring (bicyclic) bond motifs is 1. The number of benzene rings is 3. The molecule has 5 aromatic rings. The molecule has 2 aromatic heterocycles. The normalized spacial score (nSPS) is 15.4. The van der Waals surface area contributed by atoms with Gasteiger partial charge in [0.15, 0.2) is 11.8 Å². The zero-order valence-corrected chi connectivity index (χ0v) is 32.0. The lowest BCUT2D eigenvalue weighted by Gasteiger charge is -2.38. The molecule has 2 amide bonds. The Hall–Kier alpha value is -5.78. The van der Waals surface area contributed by atoms with Crippen molar-refractivity contribution in [2.75, 3.05) is 28.7 Å². The topological polar surface area (TPSA) is 114 Å². The Morgan fingerprint density at radius 2 is 1.77 bits per heavy atom.